The van der Waals surface area contributed by atoms with Crippen molar-refractivity contribution in [3.05, 3.63) is 0 Å². The number of ether oxygens (including phenoxy) is 1. The molecule has 0 bridgehead atoms. The lowest BCUT2D eigenvalue weighted by atomic mass is 9.78. The zero-order valence-corrected chi connectivity index (χ0v) is 20.6. The van der Waals surface area contributed by atoms with Crippen molar-refractivity contribution < 1.29 is 4.74 Å². The lowest BCUT2D eigenvalue weighted by molar-refractivity contribution is -0.0835. The van der Waals surface area contributed by atoms with Crippen LogP contribution in [-0.4, -0.2) is 62.8 Å². The highest BCUT2D eigenvalue weighted by molar-refractivity contribution is 14.0. The molecule has 6 heteroatoms. The number of hydrogen-bond acceptors (Lipinski definition) is 3. The van der Waals surface area contributed by atoms with Gasteiger partial charge in [0.25, 0.3) is 0 Å². The zero-order valence-electron chi connectivity index (χ0n) is 18.2. The number of nitrogens with zero attached hydrogens (tertiary/aromatic N) is 2. The Morgan fingerprint density at radius 3 is 2.63 bits per heavy atom. The third kappa shape index (κ3) is 8.44. The van der Waals surface area contributed by atoms with Gasteiger partial charge in [0.15, 0.2) is 5.96 Å². The average Bonchev–Trinajstić information content (AvgIpc) is 3.05. The van der Waals surface area contributed by atoms with Gasteiger partial charge in [-0.25, -0.2) is 0 Å². The van der Waals surface area contributed by atoms with Crippen LogP contribution in [0.1, 0.15) is 60.3 Å². The predicted molar refractivity (Wildman–Crippen MR) is 126 cm³/mol. The number of nitrogens with one attached hydrogen (secondary N) is 2. The topological polar surface area (TPSA) is 48.9 Å². The second-order valence-corrected chi connectivity index (χ2v) is 9.12. The third-order valence-corrected chi connectivity index (χ3v) is 5.59. The van der Waals surface area contributed by atoms with Gasteiger partial charge < -0.3 is 20.3 Å². The van der Waals surface area contributed by atoms with Crippen LogP contribution >= 0.6 is 24.0 Å². The van der Waals surface area contributed by atoms with Crippen molar-refractivity contribution in [1.82, 2.24) is 15.5 Å². The molecule has 160 valence electrons. The zero-order chi connectivity index (χ0) is 19.0. The van der Waals surface area contributed by atoms with Crippen LogP contribution in [0.3, 0.4) is 0 Å². The Kier molecular flexibility index (Phi) is 11.5. The van der Waals surface area contributed by atoms with Crippen molar-refractivity contribution in [3.63, 3.8) is 0 Å². The second kappa shape index (κ2) is 12.5. The van der Waals surface area contributed by atoms with Crippen LogP contribution in [0.5, 0.6) is 0 Å². The maximum absolute atomic E-state index is 6.12. The molecule has 3 atom stereocenters. The molecule has 5 nitrogen and oxygen atoms in total. The van der Waals surface area contributed by atoms with Crippen molar-refractivity contribution in [2.75, 3.05) is 45.9 Å². The molecule has 2 aliphatic heterocycles. The van der Waals surface area contributed by atoms with Crippen LogP contribution in [0.25, 0.3) is 0 Å². The summed E-state index contributed by atoms with van der Waals surface area (Å²) in [5, 5.41) is 7.02. The average molecular weight is 495 g/mol. The molecule has 0 aliphatic carbocycles. The van der Waals surface area contributed by atoms with E-state index in [2.05, 4.69) is 50.2 Å². The van der Waals surface area contributed by atoms with Crippen LogP contribution in [0.4, 0.5) is 0 Å². The molecular formula is C21H43IN4O. The van der Waals surface area contributed by atoms with Gasteiger partial charge in [0.1, 0.15) is 0 Å². The van der Waals surface area contributed by atoms with Gasteiger partial charge in [-0.15, -0.1) is 24.0 Å². The third-order valence-electron chi connectivity index (χ3n) is 5.59. The molecule has 2 rings (SSSR count). The summed E-state index contributed by atoms with van der Waals surface area (Å²) in [5.74, 6) is 2.23. The Hall–Kier alpha value is -0.0800. The van der Waals surface area contributed by atoms with Gasteiger partial charge in [-0.05, 0) is 57.0 Å². The fourth-order valence-electron chi connectivity index (χ4n) is 4.38. The molecule has 2 fully saturated rings. The lowest BCUT2D eigenvalue weighted by Crippen LogP contribution is -2.47. The van der Waals surface area contributed by atoms with E-state index < -0.39 is 0 Å². The number of hydrogen-bond donors (Lipinski definition) is 2. The second-order valence-electron chi connectivity index (χ2n) is 9.12. The fraction of sp³-hybridized carbons (Fsp3) is 0.952. The highest BCUT2D eigenvalue weighted by Crippen LogP contribution is 2.33. The normalized spacial score (nSPS) is 27.3. The fourth-order valence-corrected chi connectivity index (χ4v) is 4.38. The minimum atomic E-state index is 0. The molecular weight excluding hydrogens is 451 g/mol. The van der Waals surface area contributed by atoms with Crippen LogP contribution in [0.15, 0.2) is 4.99 Å². The van der Waals surface area contributed by atoms with Gasteiger partial charge in [0, 0.05) is 38.7 Å². The molecule has 27 heavy (non-hydrogen) atoms. The van der Waals surface area contributed by atoms with Crippen molar-refractivity contribution in [3.8, 4) is 0 Å². The maximum atomic E-state index is 6.12. The van der Waals surface area contributed by atoms with E-state index in [4.69, 9.17) is 9.73 Å². The highest BCUT2D eigenvalue weighted by atomic mass is 127. The van der Waals surface area contributed by atoms with Crippen molar-refractivity contribution in [2.45, 2.75) is 66.4 Å². The molecule has 0 amide bonds. The van der Waals surface area contributed by atoms with Gasteiger partial charge in [-0.2, -0.15) is 0 Å². The summed E-state index contributed by atoms with van der Waals surface area (Å²) in [7, 11) is 0. The first-order valence-electron chi connectivity index (χ1n) is 10.8. The van der Waals surface area contributed by atoms with Crippen molar-refractivity contribution in [2.24, 2.45) is 22.2 Å². The van der Waals surface area contributed by atoms with Crippen LogP contribution in [0.2, 0.25) is 0 Å². The number of aliphatic imine (C=N–C) groups is 1. The van der Waals surface area contributed by atoms with Gasteiger partial charge in [0.05, 0.1) is 6.10 Å². The summed E-state index contributed by atoms with van der Waals surface area (Å²) in [6.07, 6.45) is 5.26. The first-order chi connectivity index (χ1) is 12.4. The van der Waals surface area contributed by atoms with E-state index in [0.717, 1.165) is 32.2 Å². The highest BCUT2D eigenvalue weighted by Gasteiger charge is 2.35. The first-order valence-corrected chi connectivity index (χ1v) is 10.8. The summed E-state index contributed by atoms with van der Waals surface area (Å²) in [5.41, 5.74) is 0.189. The summed E-state index contributed by atoms with van der Waals surface area (Å²) in [4.78, 5) is 7.47. The number of halogens is 1. The summed E-state index contributed by atoms with van der Waals surface area (Å²) >= 11 is 0. The van der Waals surface area contributed by atoms with Crippen LogP contribution < -0.4 is 10.6 Å². The number of likely N-dealkylation sites (tertiary alicyclic amines) is 1. The molecule has 0 aromatic carbocycles. The van der Waals surface area contributed by atoms with E-state index >= 15 is 0 Å². The standard InChI is InChI=1S/C21H42N4O.HI/c1-6-11-25-12-10-17(16-25)14-23-20(22-7-2)24-15-18-9-8-13-26-19(18)21(3,4)5;/h17-19H,6-16H2,1-5H3,(H2,22,23,24);1H. The minimum absolute atomic E-state index is 0. The molecule has 0 aromatic heterocycles. The quantitative estimate of drug-likeness (QED) is 0.322. The first kappa shape index (κ1) is 25.0. The summed E-state index contributed by atoms with van der Waals surface area (Å²) in [6, 6.07) is 0. The molecule has 2 heterocycles. The predicted octanol–water partition coefficient (Wildman–Crippen LogP) is 3.73. The molecule has 3 unspecified atom stereocenters. The number of guanidine groups is 1. The largest absolute Gasteiger partial charge is 0.377 e. The molecule has 2 N–H and O–H groups in total. The number of rotatable bonds is 7. The van der Waals surface area contributed by atoms with Gasteiger partial charge in [-0.3, -0.25) is 4.99 Å². The molecule has 0 aromatic rings. The van der Waals surface area contributed by atoms with Crippen molar-refractivity contribution >= 4 is 29.9 Å². The van der Waals surface area contributed by atoms with Gasteiger partial charge in [0.2, 0.25) is 0 Å². The van der Waals surface area contributed by atoms with E-state index in [1.165, 1.54) is 45.3 Å². The summed E-state index contributed by atoms with van der Waals surface area (Å²) in [6.45, 7) is 18.6. The maximum Gasteiger partial charge on any atom is 0.191 e. The monoisotopic (exact) mass is 494 g/mol. The Bertz CT molecular complexity index is 438. The van der Waals surface area contributed by atoms with Gasteiger partial charge in [-0.1, -0.05) is 27.7 Å². The Labute approximate surface area is 184 Å². The minimum Gasteiger partial charge on any atom is -0.377 e. The molecule has 0 radical (unpaired) electrons. The SMILES string of the molecule is CCCN1CCC(CN=C(NCC)NCC2CCCOC2C(C)(C)C)C1.I. The van der Waals surface area contributed by atoms with Crippen LogP contribution in [0, 0.1) is 17.3 Å². The molecule has 0 spiro atoms. The van der Waals surface area contributed by atoms with E-state index in [1.54, 1.807) is 0 Å². The van der Waals surface area contributed by atoms with E-state index in [1.807, 2.05) is 0 Å². The van der Waals surface area contributed by atoms with E-state index in [9.17, 15) is 0 Å². The lowest BCUT2D eigenvalue weighted by Gasteiger charge is -2.40. The van der Waals surface area contributed by atoms with E-state index in [0.29, 0.717) is 17.9 Å². The van der Waals surface area contributed by atoms with E-state index in [-0.39, 0.29) is 29.4 Å². The molecule has 0 saturated carbocycles. The Balaban J connectivity index is 0.00000364. The Morgan fingerprint density at radius 2 is 1.96 bits per heavy atom. The van der Waals surface area contributed by atoms with Crippen LogP contribution in [-0.2, 0) is 4.74 Å². The summed E-state index contributed by atoms with van der Waals surface area (Å²) < 4.78 is 6.12. The van der Waals surface area contributed by atoms with Crippen molar-refractivity contribution in [1.29, 1.82) is 0 Å². The molecule has 2 aliphatic rings. The van der Waals surface area contributed by atoms with Gasteiger partial charge >= 0.3 is 0 Å². The molecule has 2 saturated heterocycles. The smallest absolute Gasteiger partial charge is 0.191 e. The Morgan fingerprint density at radius 1 is 1.19 bits per heavy atom.